The molecule has 1 aliphatic heterocycles. The van der Waals surface area contributed by atoms with Crippen LogP contribution in [-0.4, -0.2) is 65.7 Å². The highest BCUT2D eigenvalue weighted by atomic mass is 19.2. The lowest BCUT2D eigenvalue weighted by molar-refractivity contribution is -0.156. The van der Waals surface area contributed by atoms with Crippen molar-refractivity contribution in [2.45, 2.75) is 77.9 Å². The van der Waals surface area contributed by atoms with Crippen LogP contribution in [0.4, 0.5) is 23.2 Å². The summed E-state index contributed by atoms with van der Waals surface area (Å²) in [5, 5.41) is 5.05. The summed E-state index contributed by atoms with van der Waals surface area (Å²) in [6.45, 7) is 9.41. The summed E-state index contributed by atoms with van der Waals surface area (Å²) in [5.74, 6) is -14.1. The first-order valence-corrected chi connectivity index (χ1v) is 15.0. The number of ether oxygens (including phenoxy) is 2. The molecule has 256 valence electrons. The number of benzene rings is 2. The van der Waals surface area contributed by atoms with Crippen LogP contribution in [0.3, 0.4) is 0 Å². The minimum atomic E-state index is -1.87. The number of nitrogens with zero attached hydrogens (tertiary/aromatic N) is 1. The van der Waals surface area contributed by atoms with Crippen LogP contribution in [0.25, 0.3) is 0 Å². The molecule has 10 nitrogen and oxygen atoms in total. The number of likely N-dealkylation sites (tertiary alicyclic amines) is 1. The highest BCUT2D eigenvalue weighted by molar-refractivity contribution is 6.39. The summed E-state index contributed by atoms with van der Waals surface area (Å²) in [6, 6.07) is 5.39. The fraction of sp³-hybridized carbons (Fsp3) is 0.485. The van der Waals surface area contributed by atoms with Gasteiger partial charge in [-0.25, -0.2) is 8.78 Å². The molecule has 0 spiro atoms. The summed E-state index contributed by atoms with van der Waals surface area (Å²) in [7, 11) is 0. The molecule has 3 rings (SSSR count). The standard InChI is InChI=1S/C33H39F4N3O7/c1-32(2,3)19-11-7-8-12-22(19)38-30(44)31(45)40-13-9-10-18(16-40)29(43)39-23(15-25(42)47-33(4,5)6)24(41)17-46-28-26(36)20(34)14-21(35)27(28)37/h7-8,11-12,14,18,23H,9-10,13,15-17H2,1-6H3,(H,38,44)(H,39,43)/t18-,23-/m0/s1. The van der Waals surface area contributed by atoms with Crippen molar-refractivity contribution < 1.29 is 51.0 Å². The monoisotopic (exact) mass is 665 g/mol. The van der Waals surface area contributed by atoms with E-state index in [4.69, 9.17) is 9.47 Å². The van der Waals surface area contributed by atoms with E-state index in [1.54, 1.807) is 32.9 Å². The number of halogens is 4. The molecule has 1 fully saturated rings. The number of anilines is 1. The van der Waals surface area contributed by atoms with Crippen LogP contribution in [-0.2, 0) is 34.1 Å². The second-order valence-corrected chi connectivity index (χ2v) is 13.2. The molecule has 1 aliphatic rings. The lowest BCUT2D eigenvalue weighted by Gasteiger charge is -2.32. The fourth-order valence-corrected chi connectivity index (χ4v) is 4.95. The summed E-state index contributed by atoms with van der Waals surface area (Å²) < 4.78 is 65.3. The molecule has 47 heavy (non-hydrogen) atoms. The Balaban J connectivity index is 1.73. The Morgan fingerprint density at radius 3 is 2.17 bits per heavy atom. The number of hydrogen-bond acceptors (Lipinski definition) is 7. The molecule has 0 aliphatic carbocycles. The predicted octanol–water partition coefficient (Wildman–Crippen LogP) is 4.58. The lowest BCUT2D eigenvalue weighted by Crippen LogP contribution is -2.52. The van der Waals surface area contributed by atoms with Crippen LogP contribution in [0.1, 0.15) is 66.4 Å². The number of rotatable bonds is 9. The van der Waals surface area contributed by atoms with E-state index in [-0.39, 0.29) is 31.0 Å². The summed E-state index contributed by atoms with van der Waals surface area (Å²) in [5.41, 5.74) is -0.00442. The van der Waals surface area contributed by atoms with Gasteiger partial charge in [-0.3, -0.25) is 24.0 Å². The van der Waals surface area contributed by atoms with Gasteiger partial charge < -0.3 is 25.0 Å². The number of carbonyl (C=O) groups excluding carboxylic acids is 5. The van der Waals surface area contributed by atoms with Gasteiger partial charge in [-0.15, -0.1) is 0 Å². The van der Waals surface area contributed by atoms with Crippen LogP contribution in [0.5, 0.6) is 5.75 Å². The van der Waals surface area contributed by atoms with Gasteiger partial charge >= 0.3 is 17.8 Å². The largest absolute Gasteiger partial charge is 0.479 e. The van der Waals surface area contributed by atoms with Crippen molar-refractivity contribution in [3.8, 4) is 5.75 Å². The molecule has 0 unspecified atom stereocenters. The van der Waals surface area contributed by atoms with Crippen molar-refractivity contribution in [1.29, 1.82) is 0 Å². The van der Waals surface area contributed by atoms with E-state index in [0.29, 0.717) is 12.1 Å². The Kier molecular flexibility index (Phi) is 11.8. The molecule has 2 atom stereocenters. The van der Waals surface area contributed by atoms with Gasteiger partial charge in [0.05, 0.1) is 12.3 Å². The fourth-order valence-electron chi connectivity index (χ4n) is 4.95. The van der Waals surface area contributed by atoms with Gasteiger partial charge in [0.15, 0.2) is 23.2 Å². The first-order chi connectivity index (χ1) is 21.8. The van der Waals surface area contributed by atoms with Crippen molar-refractivity contribution in [3.63, 3.8) is 0 Å². The molecule has 2 N–H and O–H groups in total. The maximum Gasteiger partial charge on any atom is 0.313 e. The van der Waals surface area contributed by atoms with Crippen LogP contribution in [0.2, 0.25) is 0 Å². The minimum absolute atomic E-state index is 0.0302. The summed E-state index contributed by atoms with van der Waals surface area (Å²) in [4.78, 5) is 66.2. The molecule has 1 heterocycles. The molecule has 1 saturated heterocycles. The Bertz CT molecular complexity index is 1510. The molecular weight excluding hydrogens is 626 g/mol. The second kappa shape index (κ2) is 14.9. The molecule has 3 amide bonds. The maximum absolute atomic E-state index is 14.1. The Morgan fingerprint density at radius 2 is 1.57 bits per heavy atom. The molecular formula is C33H39F4N3O7. The number of Topliss-reactive ketones (excluding diaryl/α,β-unsaturated/α-hetero) is 1. The number of para-hydroxylation sites is 1. The van der Waals surface area contributed by atoms with Crippen molar-refractivity contribution in [2.75, 3.05) is 25.0 Å². The van der Waals surface area contributed by atoms with Crippen molar-refractivity contribution in [1.82, 2.24) is 10.2 Å². The summed E-state index contributed by atoms with van der Waals surface area (Å²) >= 11 is 0. The SMILES string of the molecule is CC(C)(C)OC(=O)C[C@H](NC(=O)[C@H]1CCCN(C(=O)C(=O)Nc2ccccc2C(C)(C)C)C1)C(=O)COc1c(F)c(F)cc(F)c1F. The van der Waals surface area contributed by atoms with E-state index < -0.39 is 89.1 Å². The van der Waals surface area contributed by atoms with Crippen LogP contribution < -0.4 is 15.4 Å². The highest BCUT2D eigenvalue weighted by Gasteiger charge is 2.35. The highest BCUT2D eigenvalue weighted by Crippen LogP contribution is 2.30. The van der Waals surface area contributed by atoms with Gasteiger partial charge in [-0.1, -0.05) is 39.0 Å². The Morgan fingerprint density at radius 1 is 0.957 bits per heavy atom. The Labute approximate surface area is 270 Å². The molecule has 0 radical (unpaired) electrons. The van der Waals surface area contributed by atoms with Gasteiger partial charge in [0.1, 0.15) is 18.2 Å². The van der Waals surface area contributed by atoms with E-state index in [1.165, 1.54) is 4.90 Å². The quantitative estimate of drug-likeness (QED) is 0.174. The van der Waals surface area contributed by atoms with E-state index in [0.717, 1.165) is 5.56 Å². The summed E-state index contributed by atoms with van der Waals surface area (Å²) in [6.07, 6.45) is -0.0985. The number of carbonyl (C=O) groups is 5. The topological polar surface area (TPSA) is 131 Å². The van der Waals surface area contributed by atoms with E-state index in [9.17, 15) is 41.5 Å². The molecule has 2 aromatic carbocycles. The molecule has 14 heteroatoms. The number of piperidine rings is 1. The molecule has 0 saturated carbocycles. The smallest absolute Gasteiger partial charge is 0.313 e. The van der Waals surface area contributed by atoms with Crippen molar-refractivity contribution in [3.05, 3.63) is 59.2 Å². The molecule has 2 aromatic rings. The first kappa shape index (κ1) is 37.0. The van der Waals surface area contributed by atoms with Crippen molar-refractivity contribution >= 4 is 35.2 Å². The molecule has 0 bridgehead atoms. The van der Waals surface area contributed by atoms with Gasteiger partial charge in [0, 0.05) is 24.8 Å². The second-order valence-electron chi connectivity index (χ2n) is 13.2. The third-order valence-corrected chi connectivity index (χ3v) is 7.18. The average molecular weight is 666 g/mol. The van der Waals surface area contributed by atoms with Gasteiger partial charge in [-0.2, -0.15) is 8.78 Å². The zero-order chi connectivity index (χ0) is 35.3. The molecule has 0 aromatic heterocycles. The van der Waals surface area contributed by atoms with E-state index in [2.05, 4.69) is 10.6 Å². The van der Waals surface area contributed by atoms with Crippen LogP contribution >= 0.6 is 0 Å². The average Bonchev–Trinajstić information content (AvgIpc) is 2.98. The van der Waals surface area contributed by atoms with Gasteiger partial charge in [0.2, 0.25) is 17.5 Å². The number of ketones is 1. The van der Waals surface area contributed by atoms with Gasteiger partial charge in [-0.05, 0) is 50.7 Å². The predicted molar refractivity (Wildman–Crippen MR) is 162 cm³/mol. The zero-order valence-corrected chi connectivity index (χ0v) is 27.1. The first-order valence-electron chi connectivity index (χ1n) is 15.0. The van der Waals surface area contributed by atoms with Crippen molar-refractivity contribution in [2.24, 2.45) is 5.92 Å². The van der Waals surface area contributed by atoms with Crippen LogP contribution in [0, 0.1) is 29.2 Å². The van der Waals surface area contributed by atoms with E-state index in [1.807, 2.05) is 32.9 Å². The number of amides is 3. The number of nitrogens with one attached hydrogen (secondary N) is 2. The van der Waals surface area contributed by atoms with Crippen LogP contribution in [0.15, 0.2) is 30.3 Å². The van der Waals surface area contributed by atoms with E-state index >= 15 is 0 Å². The van der Waals surface area contributed by atoms with Gasteiger partial charge in [0.25, 0.3) is 0 Å². The lowest BCUT2D eigenvalue weighted by atomic mass is 9.86. The third-order valence-electron chi connectivity index (χ3n) is 7.18. The maximum atomic E-state index is 14.1. The normalized spacial score (nSPS) is 15.8. The number of esters is 1. The minimum Gasteiger partial charge on any atom is -0.479 e. The Hall–Kier alpha value is -4.49. The number of hydrogen-bond donors (Lipinski definition) is 2. The zero-order valence-electron chi connectivity index (χ0n) is 27.1. The third kappa shape index (κ3) is 10.00.